The van der Waals surface area contributed by atoms with Crippen molar-refractivity contribution in [3.63, 3.8) is 0 Å². The molecule has 8 N–H and O–H groups in total. The fourth-order valence-corrected chi connectivity index (χ4v) is 4.46. The Hall–Kier alpha value is -2.28. The van der Waals surface area contributed by atoms with Gasteiger partial charge in [0.1, 0.15) is 0 Å². The highest BCUT2D eigenvalue weighted by Gasteiger charge is 2.22. The molecule has 208 valence electrons. The summed E-state index contributed by atoms with van der Waals surface area (Å²) in [7, 11) is 0. The smallest absolute Gasteiger partial charge is 0.218 e. The minimum Gasteiger partial charge on any atom is -0.370 e. The summed E-state index contributed by atoms with van der Waals surface area (Å²) in [6.45, 7) is 11.0. The van der Waals surface area contributed by atoms with Crippen LogP contribution in [-0.4, -0.2) is 121 Å². The van der Waals surface area contributed by atoms with E-state index in [4.69, 9.17) is 22.9 Å². The topological polar surface area (TPSA) is 185 Å². The number of hydrogen-bond donors (Lipinski definition) is 4. The van der Waals surface area contributed by atoms with E-state index in [0.29, 0.717) is 26.2 Å². The first-order valence-corrected chi connectivity index (χ1v) is 13.0. The molecule has 0 aromatic heterocycles. The van der Waals surface area contributed by atoms with Gasteiger partial charge in [-0.05, 0) is 39.8 Å². The summed E-state index contributed by atoms with van der Waals surface area (Å²) >= 11 is 0. The predicted octanol–water partition coefficient (Wildman–Crippen LogP) is -1.73. The summed E-state index contributed by atoms with van der Waals surface area (Å²) in [6, 6.07) is 0.373. The highest BCUT2D eigenvalue weighted by atomic mass is 16.2. The molecule has 0 aromatic carbocycles. The van der Waals surface area contributed by atoms with Crippen LogP contribution in [-0.2, 0) is 19.2 Å². The van der Waals surface area contributed by atoms with E-state index in [0.717, 1.165) is 52.1 Å². The van der Waals surface area contributed by atoms with Gasteiger partial charge in [-0.2, -0.15) is 0 Å². The standard InChI is InChI=1S/C24H48N8O4/c1-19-3-9-29(11-5-21(25)33)16-18-32(14-8-24(28)36)20(2)4-10-30(12-6-22(26)34)15-17-31(19)13-7-23(27)35/h19-20H,3-18H2,1-2H3,(H2,25,33)(H2,26,34)(H2,27,35)(H2,28,36)/t19-,20-/m0/s1. The molecule has 1 aliphatic rings. The molecule has 36 heavy (non-hydrogen) atoms. The second-order valence-electron chi connectivity index (χ2n) is 9.90. The van der Waals surface area contributed by atoms with E-state index in [-0.39, 0.29) is 61.4 Å². The minimum atomic E-state index is -0.333. The number of primary amides is 4. The van der Waals surface area contributed by atoms with Crippen LogP contribution in [0.15, 0.2) is 0 Å². The maximum Gasteiger partial charge on any atom is 0.218 e. The van der Waals surface area contributed by atoms with Crippen LogP contribution in [0.25, 0.3) is 0 Å². The van der Waals surface area contributed by atoms with Gasteiger partial charge in [0.25, 0.3) is 0 Å². The van der Waals surface area contributed by atoms with Gasteiger partial charge < -0.3 is 32.7 Å². The molecule has 0 radical (unpaired) electrons. The van der Waals surface area contributed by atoms with Crippen molar-refractivity contribution in [3.8, 4) is 0 Å². The molecule has 1 heterocycles. The molecule has 1 rings (SSSR count). The van der Waals surface area contributed by atoms with Crippen LogP contribution in [0, 0.1) is 0 Å². The SMILES string of the molecule is C[C@H]1CCN(CCC(N)=O)CCN(CCC(N)=O)[C@@H](C)CCN(CCC(N)=O)CCN1CCC(N)=O. The molecule has 4 amide bonds. The maximum atomic E-state index is 11.5. The summed E-state index contributed by atoms with van der Waals surface area (Å²) < 4.78 is 0. The van der Waals surface area contributed by atoms with Gasteiger partial charge in [-0.15, -0.1) is 0 Å². The molecule has 0 spiro atoms. The molecule has 0 unspecified atom stereocenters. The number of nitrogens with two attached hydrogens (primary N) is 4. The Labute approximate surface area is 215 Å². The van der Waals surface area contributed by atoms with Gasteiger partial charge in [-0.3, -0.25) is 29.0 Å². The third kappa shape index (κ3) is 14.3. The van der Waals surface area contributed by atoms with Gasteiger partial charge >= 0.3 is 0 Å². The van der Waals surface area contributed by atoms with Crippen molar-refractivity contribution in [2.24, 2.45) is 22.9 Å². The maximum absolute atomic E-state index is 11.5. The molecular weight excluding hydrogens is 464 g/mol. The van der Waals surface area contributed by atoms with Crippen LogP contribution in [0.3, 0.4) is 0 Å². The lowest BCUT2D eigenvalue weighted by Gasteiger charge is -2.36. The second-order valence-corrected chi connectivity index (χ2v) is 9.90. The average molecular weight is 513 g/mol. The minimum absolute atomic E-state index is 0.186. The zero-order valence-electron chi connectivity index (χ0n) is 22.2. The summed E-state index contributed by atoms with van der Waals surface area (Å²) in [6.07, 6.45) is 2.81. The highest BCUT2D eigenvalue weighted by molar-refractivity contribution is 5.74. The molecule has 1 saturated heterocycles. The Balaban J connectivity index is 3.07. The number of carbonyl (C=O) groups excluding carboxylic acids is 4. The predicted molar refractivity (Wildman–Crippen MR) is 139 cm³/mol. The third-order valence-electron chi connectivity index (χ3n) is 7.02. The lowest BCUT2D eigenvalue weighted by atomic mass is 10.1. The molecular formula is C24H48N8O4. The van der Waals surface area contributed by atoms with Crippen LogP contribution >= 0.6 is 0 Å². The van der Waals surface area contributed by atoms with Gasteiger partial charge in [0, 0.05) is 90.1 Å². The van der Waals surface area contributed by atoms with E-state index >= 15 is 0 Å². The molecule has 1 aliphatic heterocycles. The first-order chi connectivity index (χ1) is 17.0. The van der Waals surface area contributed by atoms with Crippen LogP contribution in [0.1, 0.15) is 52.4 Å². The Morgan fingerprint density at radius 1 is 0.528 bits per heavy atom. The summed E-state index contributed by atoms with van der Waals surface area (Å²) in [5.74, 6) is -1.33. The first-order valence-electron chi connectivity index (χ1n) is 13.0. The number of amides is 4. The lowest BCUT2D eigenvalue weighted by Crippen LogP contribution is -2.47. The van der Waals surface area contributed by atoms with E-state index in [1.807, 2.05) is 0 Å². The van der Waals surface area contributed by atoms with E-state index in [1.54, 1.807) is 0 Å². The summed E-state index contributed by atoms with van der Waals surface area (Å²) in [4.78, 5) is 54.8. The van der Waals surface area contributed by atoms with Crippen molar-refractivity contribution in [1.29, 1.82) is 0 Å². The number of nitrogens with zero attached hydrogens (tertiary/aromatic N) is 4. The van der Waals surface area contributed by atoms with Gasteiger partial charge in [-0.1, -0.05) is 0 Å². The highest BCUT2D eigenvalue weighted by Crippen LogP contribution is 2.12. The summed E-state index contributed by atoms with van der Waals surface area (Å²) in [5, 5.41) is 0. The molecule has 12 heteroatoms. The molecule has 2 atom stereocenters. The van der Waals surface area contributed by atoms with Gasteiger partial charge in [0.05, 0.1) is 0 Å². The number of hydrogen-bond acceptors (Lipinski definition) is 8. The van der Waals surface area contributed by atoms with E-state index in [2.05, 4.69) is 33.4 Å². The van der Waals surface area contributed by atoms with Crippen molar-refractivity contribution in [2.45, 2.75) is 64.5 Å². The molecule has 0 aliphatic carbocycles. The van der Waals surface area contributed by atoms with Crippen molar-refractivity contribution in [2.75, 3.05) is 65.4 Å². The second kappa shape index (κ2) is 17.2. The normalized spacial score (nSPS) is 22.6. The Morgan fingerprint density at radius 3 is 1.14 bits per heavy atom. The lowest BCUT2D eigenvalue weighted by molar-refractivity contribution is -0.119. The third-order valence-corrected chi connectivity index (χ3v) is 7.02. The van der Waals surface area contributed by atoms with Crippen LogP contribution < -0.4 is 22.9 Å². The quantitative estimate of drug-likeness (QED) is 0.237. The van der Waals surface area contributed by atoms with E-state index in [1.165, 1.54) is 0 Å². The molecule has 0 saturated carbocycles. The number of carbonyl (C=O) groups is 4. The van der Waals surface area contributed by atoms with E-state index < -0.39 is 0 Å². The van der Waals surface area contributed by atoms with Gasteiger partial charge in [0.2, 0.25) is 23.6 Å². The van der Waals surface area contributed by atoms with Crippen molar-refractivity contribution >= 4 is 23.6 Å². The first kappa shape index (κ1) is 31.7. The van der Waals surface area contributed by atoms with Crippen LogP contribution in [0.4, 0.5) is 0 Å². The van der Waals surface area contributed by atoms with Crippen molar-refractivity contribution in [3.05, 3.63) is 0 Å². The Bertz CT molecular complexity index is 650. The van der Waals surface area contributed by atoms with Gasteiger partial charge in [0.15, 0.2) is 0 Å². The van der Waals surface area contributed by atoms with Gasteiger partial charge in [-0.25, -0.2) is 0 Å². The molecule has 12 nitrogen and oxygen atoms in total. The largest absolute Gasteiger partial charge is 0.370 e. The fraction of sp³-hybridized carbons (Fsp3) is 0.833. The van der Waals surface area contributed by atoms with Crippen LogP contribution in [0.5, 0.6) is 0 Å². The monoisotopic (exact) mass is 512 g/mol. The van der Waals surface area contributed by atoms with Crippen molar-refractivity contribution in [1.82, 2.24) is 19.6 Å². The Morgan fingerprint density at radius 2 is 0.833 bits per heavy atom. The van der Waals surface area contributed by atoms with Crippen LogP contribution in [0.2, 0.25) is 0 Å². The zero-order valence-corrected chi connectivity index (χ0v) is 22.2. The molecule has 0 bridgehead atoms. The number of rotatable bonds is 12. The zero-order chi connectivity index (χ0) is 27.1. The van der Waals surface area contributed by atoms with E-state index in [9.17, 15) is 19.2 Å². The fourth-order valence-electron chi connectivity index (χ4n) is 4.46. The van der Waals surface area contributed by atoms with Crippen molar-refractivity contribution < 1.29 is 19.2 Å². The Kier molecular flexibility index (Phi) is 15.2. The molecule has 1 fully saturated rings. The molecule has 0 aromatic rings. The average Bonchev–Trinajstić information content (AvgIpc) is 2.79. The summed E-state index contributed by atoms with van der Waals surface area (Å²) in [5.41, 5.74) is 21.7.